The topological polar surface area (TPSA) is 94.1 Å². The summed E-state index contributed by atoms with van der Waals surface area (Å²) >= 11 is 0. The van der Waals surface area contributed by atoms with Crippen molar-refractivity contribution < 1.29 is 14.0 Å². The molecule has 0 bridgehead atoms. The fourth-order valence-electron chi connectivity index (χ4n) is 4.43. The molecule has 162 valence electrons. The minimum Gasteiger partial charge on any atom is -0.366 e. The summed E-state index contributed by atoms with van der Waals surface area (Å²) in [5.74, 6) is -0.149. The van der Waals surface area contributed by atoms with Crippen LogP contribution in [-0.4, -0.2) is 44.3 Å². The summed E-state index contributed by atoms with van der Waals surface area (Å²) in [7, 11) is 0. The molecular weight excluding hydrogens is 397 g/mol. The number of amides is 2. The minimum atomic E-state index is -0.596. The van der Waals surface area contributed by atoms with Gasteiger partial charge < -0.3 is 15.2 Å². The van der Waals surface area contributed by atoms with E-state index in [9.17, 15) is 14.0 Å². The lowest BCUT2D eigenvalue weighted by molar-refractivity contribution is -0.133. The number of nitrogens with zero attached hydrogens (tertiary/aromatic N) is 4. The maximum Gasteiger partial charge on any atom is 0.250 e. The van der Waals surface area contributed by atoms with Gasteiger partial charge in [-0.25, -0.2) is 9.37 Å². The van der Waals surface area contributed by atoms with Crippen molar-refractivity contribution >= 4 is 22.7 Å². The van der Waals surface area contributed by atoms with E-state index in [1.807, 2.05) is 29.5 Å². The maximum atomic E-state index is 13.6. The van der Waals surface area contributed by atoms with E-state index in [1.165, 1.54) is 12.1 Å². The van der Waals surface area contributed by atoms with Crippen molar-refractivity contribution in [3.05, 3.63) is 59.6 Å². The van der Waals surface area contributed by atoms with Crippen LogP contribution < -0.4 is 5.73 Å². The summed E-state index contributed by atoms with van der Waals surface area (Å²) in [5.41, 5.74) is 7.10. The van der Waals surface area contributed by atoms with E-state index < -0.39 is 11.7 Å². The van der Waals surface area contributed by atoms with Gasteiger partial charge in [-0.1, -0.05) is 0 Å². The molecule has 0 saturated carbocycles. The zero-order valence-electron chi connectivity index (χ0n) is 17.7. The Hall–Kier alpha value is -3.29. The monoisotopic (exact) mass is 423 g/mol. The zero-order chi connectivity index (χ0) is 22.1. The van der Waals surface area contributed by atoms with Crippen molar-refractivity contribution in [1.29, 1.82) is 0 Å². The second-order valence-electron chi connectivity index (χ2n) is 8.24. The minimum absolute atomic E-state index is 0.00486. The van der Waals surface area contributed by atoms with E-state index >= 15 is 0 Å². The molecule has 1 fully saturated rings. The van der Waals surface area contributed by atoms with E-state index in [2.05, 4.69) is 9.97 Å². The van der Waals surface area contributed by atoms with Gasteiger partial charge >= 0.3 is 0 Å². The fourth-order valence-corrected chi connectivity index (χ4v) is 4.43. The predicted octanol–water partition coefficient (Wildman–Crippen LogP) is 3.34. The Morgan fingerprint density at radius 3 is 2.84 bits per heavy atom. The van der Waals surface area contributed by atoms with Crippen molar-refractivity contribution in [1.82, 2.24) is 19.4 Å². The second-order valence-corrected chi connectivity index (χ2v) is 8.24. The molecule has 0 radical (unpaired) electrons. The van der Waals surface area contributed by atoms with Crippen LogP contribution in [0, 0.1) is 12.7 Å². The third-order valence-corrected chi connectivity index (χ3v) is 6.04. The van der Waals surface area contributed by atoms with Gasteiger partial charge in [0.2, 0.25) is 5.91 Å². The van der Waals surface area contributed by atoms with E-state index in [0.717, 1.165) is 18.7 Å². The molecule has 1 aliphatic rings. The first kappa shape index (κ1) is 21.0. The van der Waals surface area contributed by atoms with Gasteiger partial charge in [-0.2, -0.15) is 0 Å². The average Bonchev–Trinajstić information content (AvgIpc) is 3.18. The Bertz CT molecular complexity index is 1140. The number of aromatic nitrogens is 3. The molecule has 31 heavy (non-hydrogen) atoms. The molecule has 3 heterocycles. The van der Waals surface area contributed by atoms with Crippen LogP contribution in [0.25, 0.3) is 10.9 Å². The standard InChI is InChI=1S/C23H26FN5O2/c1-14(29-9-7-26-15(29)2)10-21(30)28-8-3-4-16(13-28)22-19(23(25)31)12-17-11-18(24)5-6-20(17)27-22/h5-7,9,11-12,14,16H,3-4,8,10,13H2,1-2H3,(H2,25,31). The van der Waals surface area contributed by atoms with E-state index in [0.29, 0.717) is 41.7 Å². The molecule has 2 aromatic heterocycles. The van der Waals surface area contributed by atoms with Gasteiger partial charge in [0.25, 0.3) is 5.91 Å². The number of hydrogen-bond acceptors (Lipinski definition) is 4. The molecule has 1 aliphatic heterocycles. The summed E-state index contributed by atoms with van der Waals surface area (Å²) in [5, 5.41) is 0.533. The van der Waals surface area contributed by atoms with Crippen molar-refractivity contribution in [2.45, 2.75) is 45.1 Å². The maximum absolute atomic E-state index is 13.6. The number of aryl methyl sites for hydroxylation is 1. The molecule has 4 rings (SSSR count). The Kier molecular flexibility index (Phi) is 5.71. The first-order chi connectivity index (χ1) is 14.8. The summed E-state index contributed by atoms with van der Waals surface area (Å²) in [6.07, 6.45) is 5.61. The lowest BCUT2D eigenvalue weighted by Gasteiger charge is -2.34. The number of piperidine rings is 1. The molecule has 2 amide bonds. The quantitative estimate of drug-likeness (QED) is 0.681. The van der Waals surface area contributed by atoms with Crippen LogP contribution in [0.3, 0.4) is 0 Å². The number of pyridine rings is 1. The van der Waals surface area contributed by atoms with Crippen LogP contribution in [-0.2, 0) is 4.79 Å². The molecule has 2 unspecified atom stereocenters. The van der Waals surface area contributed by atoms with Crippen molar-refractivity contribution in [2.75, 3.05) is 13.1 Å². The fraction of sp³-hybridized carbons (Fsp3) is 0.391. The van der Waals surface area contributed by atoms with Gasteiger partial charge in [-0.15, -0.1) is 0 Å². The van der Waals surface area contributed by atoms with Crippen molar-refractivity contribution in [3.8, 4) is 0 Å². The van der Waals surface area contributed by atoms with Crippen LogP contribution in [0.1, 0.15) is 60.0 Å². The Morgan fingerprint density at radius 2 is 2.13 bits per heavy atom. The van der Waals surface area contributed by atoms with E-state index in [4.69, 9.17) is 5.73 Å². The normalized spacial score (nSPS) is 17.6. The molecule has 2 N–H and O–H groups in total. The number of imidazole rings is 1. The number of carbonyl (C=O) groups excluding carboxylic acids is 2. The number of carbonyl (C=O) groups is 2. The third-order valence-electron chi connectivity index (χ3n) is 6.04. The number of primary amides is 1. The number of halogens is 1. The summed E-state index contributed by atoms with van der Waals surface area (Å²) < 4.78 is 15.6. The molecular formula is C23H26FN5O2. The first-order valence-corrected chi connectivity index (χ1v) is 10.5. The predicted molar refractivity (Wildman–Crippen MR) is 115 cm³/mol. The number of hydrogen-bond donors (Lipinski definition) is 1. The molecule has 3 aromatic rings. The Labute approximate surface area is 180 Å². The van der Waals surface area contributed by atoms with Gasteiger partial charge in [0, 0.05) is 49.2 Å². The average molecular weight is 423 g/mol. The first-order valence-electron chi connectivity index (χ1n) is 10.5. The van der Waals surface area contributed by atoms with Gasteiger partial charge in [-0.3, -0.25) is 14.6 Å². The largest absolute Gasteiger partial charge is 0.366 e. The smallest absolute Gasteiger partial charge is 0.250 e. The summed E-state index contributed by atoms with van der Waals surface area (Å²) in [6, 6.07) is 5.90. The number of nitrogens with two attached hydrogens (primary N) is 1. The lowest BCUT2D eigenvalue weighted by Crippen LogP contribution is -2.40. The number of likely N-dealkylation sites (tertiary alicyclic amines) is 1. The van der Waals surface area contributed by atoms with Crippen molar-refractivity contribution in [3.63, 3.8) is 0 Å². The highest BCUT2D eigenvalue weighted by atomic mass is 19.1. The van der Waals surface area contributed by atoms with Gasteiger partial charge in [0.1, 0.15) is 11.6 Å². The molecule has 0 spiro atoms. The number of rotatable bonds is 5. The summed E-state index contributed by atoms with van der Waals surface area (Å²) in [4.78, 5) is 35.8. The molecule has 1 aromatic carbocycles. The Balaban J connectivity index is 1.56. The van der Waals surface area contributed by atoms with Crippen molar-refractivity contribution in [2.24, 2.45) is 5.73 Å². The second kappa shape index (κ2) is 8.45. The van der Waals surface area contributed by atoms with Crippen LogP contribution in [0.5, 0.6) is 0 Å². The van der Waals surface area contributed by atoms with Crippen LogP contribution >= 0.6 is 0 Å². The zero-order valence-corrected chi connectivity index (χ0v) is 17.7. The molecule has 7 nitrogen and oxygen atoms in total. The van der Waals surface area contributed by atoms with E-state index in [1.54, 1.807) is 18.3 Å². The van der Waals surface area contributed by atoms with Crippen LogP contribution in [0.2, 0.25) is 0 Å². The number of fused-ring (bicyclic) bond motifs is 1. The molecule has 2 atom stereocenters. The third kappa shape index (κ3) is 4.28. The highest BCUT2D eigenvalue weighted by Gasteiger charge is 2.29. The molecule has 8 heteroatoms. The molecule has 0 aliphatic carbocycles. The SMILES string of the molecule is Cc1nccn1C(C)CC(=O)N1CCCC(c2nc3ccc(F)cc3cc2C(N)=O)C1. The van der Waals surface area contributed by atoms with Gasteiger partial charge in [0.15, 0.2) is 0 Å². The van der Waals surface area contributed by atoms with E-state index in [-0.39, 0.29) is 17.9 Å². The molecule has 1 saturated heterocycles. The van der Waals surface area contributed by atoms with Crippen LogP contribution in [0.15, 0.2) is 36.7 Å². The highest BCUT2D eigenvalue weighted by molar-refractivity contribution is 5.97. The number of benzene rings is 1. The van der Waals surface area contributed by atoms with Gasteiger partial charge in [-0.05, 0) is 51.0 Å². The lowest BCUT2D eigenvalue weighted by atomic mass is 9.90. The van der Waals surface area contributed by atoms with Gasteiger partial charge in [0.05, 0.1) is 16.8 Å². The Morgan fingerprint density at radius 1 is 1.32 bits per heavy atom. The van der Waals surface area contributed by atoms with Crippen LogP contribution in [0.4, 0.5) is 4.39 Å². The highest BCUT2D eigenvalue weighted by Crippen LogP contribution is 2.31. The summed E-state index contributed by atoms with van der Waals surface area (Å²) in [6.45, 7) is 5.08.